The normalized spacial score (nSPS) is 10.9. The Kier molecular flexibility index (Phi) is 19.3. The zero-order chi connectivity index (χ0) is 26.4. The molecule has 0 aromatic rings. The standard InChI is InChI=1S/C23H41N5O7/c1-19(29)8-13-33-16-23(17-34-14-9-20(2)30,18-35-15-10-21(3)31)27-22(32)25-11-6-4-5-7-12-26-28-24/h4-18H2,1-3H3,(H2,25,27,32). The zero-order valence-electron chi connectivity index (χ0n) is 21.3. The molecular weight excluding hydrogens is 458 g/mol. The summed E-state index contributed by atoms with van der Waals surface area (Å²) in [5, 5.41) is 9.17. The minimum absolute atomic E-state index is 0.0175. The third-order valence-corrected chi connectivity index (χ3v) is 4.84. The Morgan fingerprint density at radius 2 is 1.23 bits per heavy atom. The Morgan fingerprint density at radius 1 is 0.771 bits per heavy atom. The average Bonchev–Trinajstić information content (AvgIpc) is 2.78. The summed E-state index contributed by atoms with van der Waals surface area (Å²) in [6, 6.07) is -0.431. The second-order valence-electron chi connectivity index (χ2n) is 8.54. The van der Waals surface area contributed by atoms with Gasteiger partial charge < -0.3 is 24.8 Å². The third kappa shape index (κ3) is 20.5. The van der Waals surface area contributed by atoms with Crippen molar-refractivity contribution in [2.24, 2.45) is 5.11 Å². The molecule has 0 unspecified atom stereocenters. The maximum atomic E-state index is 12.6. The van der Waals surface area contributed by atoms with Crippen molar-refractivity contribution >= 4 is 23.4 Å². The van der Waals surface area contributed by atoms with Crippen LogP contribution in [0.15, 0.2) is 5.11 Å². The second kappa shape index (κ2) is 20.8. The highest BCUT2D eigenvalue weighted by atomic mass is 16.5. The number of nitrogens with zero attached hydrogens (tertiary/aromatic N) is 3. The molecule has 0 spiro atoms. The summed E-state index contributed by atoms with van der Waals surface area (Å²) in [5.41, 5.74) is 7.19. The minimum Gasteiger partial charge on any atom is -0.378 e. The molecular formula is C23H41N5O7. The highest BCUT2D eigenvalue weighted by Crippen LogP contribution is 2.11. The Hall–Kier alpha value is -2.53. The summed E-state index contributed by atoms with van der Waals surface area (Å²) in [4.78, 5) is 49.1. The van der Waals surface area contributed by atoms with Crippen LogP contribution < -0.4 is 10.6 Å². The van der Waals surface area contributed by atoms with E-state index >= 15 is 0 Å². The number of unbranched alkanes of at least 4 members (excludes halogenated alkanes) is 3. The number of rotatable bonds is 23. The van der Waals surface area contributed by atoms with Crippen molar-refractivity contribution in [1.82, 2.24) is 10.6 Å². The summed E-state index contributed by atoms with van der Waals surface area (Å²) >= 11 is 0. The predicted molar refractivity (Wildman–Crippen MR) is 130 cm³/mol. The zero-order valence-corrected chi connectivity index (χ0v) is 21.3. The van der Waals surface area contributed by atoms with Crippen LogP contribution in [0.2, 0.25) is 0 Å². The molecule has 0 atom stereocenters. The van der Waals surface area contributed by atoms with Crippen LogP contribution in [0.4, 0.5) is 4.79 Å². The number of azide groups is 1. The van der Waals surface area contributed by atoms with Crippen LogP contribution in [0.1, 0.15) is 65.7 Å². The summed E-state index contributed by atoms with van der Waals surface area (Å²) in [7, 11) is 0. The number of hydrogen-bond donors (Lipinski definition) is 2. The van der Waals surface area contributed by atoms with Crippen LogP contribution in [-0.4, -0.2) is 81.7 Å². The van der Waals surface area contributed by atoms with E-state index in [-0.39, 0.29) is 76.3 Å². The van der Waals surface area contributed by atoms with Gasteiger partial charge in [0, 0.05) is 37.3 Å². The van der Waals surface area contributed by atoms with E-state index in [2.05, 4.69) is 20.7 Å². The molecule has 0 aliphatic heterocycles. The van der Waals surface area contributed by atoms with E-state index in [1.54, 1.807) is 0 Å². The lowest BCUT2D eigenvalue weighted by Crippen LogP contribution is -2.60. The van der Waals surface area contributed by atoms with E-state index in [1.807, 2.05) is 0 Å². The lowest BCUT2D eigenvalue weighted by Gasteiger charge is -2.34. The number of Topliss-reactive ketones (excluding diaryl/α,β-unsaturated/α-hetero) is 3. The molecule has 12 heteroatoms. The Bertz CT molecular complexity index is 641. The molecule has 2 N–H and O–H groups in total. The fourth-order valence-corrected chi connectivity index (χ4v) is 2.88. The summed E-state index contributed by atoms with van der Waals surface area (Å²) in [6.07, 6.45) is 4.03. The van der Waals surface area contributed by atoms with Gasteiger partial charge in [-0.05, 0) is 39.1 Å². The van der Waals surface area contributed by atoms with Gasteiger partial charge in [-0.25, -0.2) is 4.79 Å². The van der Waals surface area contributed by atoms with Gasteiger partial charge in [0.05, 0.1) is 39.6 Å². The van der Waals surface area contributed by atoms with Gasteiger partial charge >= 0.3 is 6.03 Å². The number of carbonyl (C=O) groups is 4. The van der Waals surface area contributed by atoms with E-state index < -0.39 is 11.6 Å². The first-order chi connectivity index (χ1) is 16.7. The largest absolute Gasteiger partial charge is 0.378 e. The van der Waals surface area contributed by atoms with Crippen molar-refractivity contribution in [1.29, 1.82) is 0 Å². The maximum Gasteiger partial charge on any atom is 0.315 e. The summed E-state index contributed by atoms with van der Waals surface area (Å²) < 4.78 is 17.0. The van der Waals surface area contributed by atoms with E-state index in [4.69, 9.17) is 19.7 Å². The number of hydrogen-bond acceptors (Lipinski definition) is 8. The van der Waals surface area contributed by atoms with Crippen LogP contribution in [0, 0.1) is 0 Å². The highest BCUT2D eigenvalue weighted by Gasteiger charge is 2.34. The van der Waals surface area contributed by atoms with E-state index in [1.165, 1.54) is 20.8 Å². The molecule has 0 aliphatic carbocycles. The fourth-order valence-electron chi connectivity index (χ4n) is 2.88. The monoisotopic (exact) mass is 499 g/mol. The molecule has 0 heterocycles. The molecule has 0 rings (SSSR count). The molecule has 2 amide bonds. The van der Waals surface area contributed by atoms with Crippen molar-refractivity contribution in [2.75, 3.05) is 52.7 Å². The number of carbonyl (C=O) groups excluding carboxylic acids is 4. The minimum atomic E-state index is -1.08. The summed E-state index contributed by atoms with van der Waals surface area (Å²) in [5.74, 6) is -0.0524. The average molecular weight is 500 g/mol. The van der Waals surface area contributed by atoms with Crippen molar-refractivity contribution in [3.05, 3.63) is 10.4 Å². The number of ether oxygens (including phenoxy) is 3. The van der Waals surface area contributed by atoms with Gasteiger partial charge in [0.2, 0.25) is 0 Å². The van der Waals surface area contributed by atoms with Crippen LogP contribution in [0.5, 0.6) is 0 Å². The van der Waals surface area contributed by atoms with Gasteiger partial charge in [-0.1, -0.05) is 18.0 Å². The van der Waals surface area contributed by atoms with Crippen molar-refractivity contribution in [2.45, 2.75) is 71.3 Å². The lowest BCUT2D eigenvalue weighted by molar-refractivity contribution is -0.118. The molecule has 0 fully saturated rings. The van der Waals surface area contributed by atoms with Crippen molar-refractivity contribution in [3.8, 4) is 0 Å². The van der Waals surface area contributed by atoms with Gasteiger partial charge in [0.25, 0.3) is 0 Å². The SMILES string of the molecule is CC(=O)CCOCC(COCCC(C)=O)(COCCC(C)=O)NC(=O)NCCCCCCN=[N+]=[N-]. The smallest absolute Gasteiger partial charge is 0.315 e. The summed E-state index contributed by atoms with van der Waals surface area (Å²) in [6.45, 7) is 5.91. The number of amides is 2. The van der Waals surface area contributed by atoms with Crippen LogP contribution in [-0.2, 0) is 28.6 Å². The van der Waals surface area contributed by atoms with E-state index in [9.17, 15) is 19.2 Å². The Morgan fingerprint density at radius 3 is 1.66 bits per heavy atom. The van der Waals surface area contributed by atoms with Gasteiger partial charge in [-0.3, -0.25) is 14.4 Å². The Balaban J connectivity index is 4.99. The molecule has 0 aromatic heterocycles. The molecule has 0 aromatic carbocycles. The topological polar surface area (TPSA) is 169 Å². The quantitative estimate of drug-likeness (QED) is 0.0942. The van der Waals surface area contributed by atoms with Crippen molar-refractivity contribution < 1.29 is 33.4 Å². The molecule has 200 valence electrons. The molecule has 0 aliphatic rings. The van der Waals surface area contributed by atoms with Crippen LogP contribution in [0.3, 0.4) is 0 Å². The predicted octanol–water partition coefficient (Wildman–Crippen LogP) is 2.88. The maximum absolute atomic E-state index is 12.6. The van der Waals surface area contributed by atoms with Gasteiger partial charge in [-0.15, -0.1) is 0 Å². The first kappa shape index (κ1) is 32.5. The molecule has 35 heavy (non-hydrogen) atoms. The number of ketones is 3. The van der Waals surface area contributed by atoms with Crippen LogP contribution in [0.25, 0.3) is 10.4 Å². The third-order valence-electron chi connectivity index (χ3n) is 4.84. The second-order valence-corrected chi connectivity index (χ2v) is 8.54. The molecule has 0 saturated heterocycles. The molecule has 12 nitrogen and oxygen atoms in total. The van der Waals surface area contributed by atoms with Crippen LogP contribution >= 0.6 is 0 Å². The highest BCUT2D eigenvalue weighted by molar-refractivity contribution is 5.76. The Labute approximate surface area is 207 Å². The first-order valence-electron chi connectivity index (χ1n) is 12.0. The van der Waals surface area contributed by atoms with Gasteiger partial charge in [-0.2, -0.15) is 0 Å². The molecule has 0 radical (unpaired) electrons. The van der Waals surface area contributed by atoms with E-state index in [0.29, 0.717) is 13.1 Å². The van der Waals surface area contributed by atoms with E-state index in [0.717, 1.165) is 25.7 Å². The van der Waals surface area contributed by atoms with Gasteiger partial charge in [0.15, 0.2) is 0 Å². The number of nitrogens with one attached hydrogen (secondary N) is 2. The fraction of sp³-hybridized carbons (Fsp3) is 0.826. The molecule has 0 bridgehead atoms. The number of urea groups is 1. The van der Waals surface area contributed by atoms with Crippen molar-refractivity contribution in [3.63, 3.8) is 0 Å². The first-order valence-corrected chi connectivity index (χ1v) is 12.0. The molecule has 0 saturated carbocycles. The van der Waals surface area contributed by atoms with Gasteiger partial charge in [0.1, 0.15) is 22.9 Å². The lowest BCUT2D eigenvalue weighted by atomic mass is 10.0.